The van der Waals surface area contributed by atoms with Crippen molar-refractivity contribution in [3.05, 3.63) is 53.9 Å². The van der Waals surface area contributed by atoms with Crippen molar-refractivity contribution in [3.8, 4) is 0 Å². The summed E-state index contributed by atoms with van der Waals surface area (Å²) < 4.78 is 4.92. The molecule has 2 aromatic rings. The average molecular weight is 244 g/mol. The smallest absolute Gasteiger partial charge is 0.338 e. The largest absolute Gasteiger partial charge is 0.462 e. The molecule has 0 atom stereocenters. The van der Waals surface area contributed by atoms with Gasteiger partial charge in [-0.2, -0.15) is 0 Å². The van der Waals surface area contributed by atoms with Crippen molar-refractivity contribution >= 4 is 11.7 Å². The van der Waals surface area contributed by atoms with Gasteiger partial charge in [0.25, 0.3) is 0 Å². The molecular weight excluding hydrogens is 228 g/mol. The number of benzene rings is 1. The average Bonchev–Trinajstić information content (AvgIpc) is 2.90. The summed E-state index contributed by atoms with van der Waals surface area (Å²) in [5.41, 5.74) is 2.66. The van der Waals surface area contributed by atoms with Gasteiger partial charge in [0.2, 0.25) is 0 Å². The number of ether oxygens (including phenoxy) is 1. The Labute approximate surface area is 106 Å². The number of hydrogen-bond acceptors (Lipinski definition) is 3. The molecule has 0 amide bonds. The van der Waals surface area contributed by atoms with Crippen LogP contribution in [0.15, 0.2) is 42.6 Å². The molecule has 2 rings (SSSR count). The predicted octanol–water partition coefficient (Wildman–Crippen LogP) is 2.80. The third-order valence-corrected chi connectivity index (χ3v) is 2.54. The number of anilines is 1. The highest BCUT2D eigenvalue weighted by molar-refractivity contribution is 5.89. The van der Waals surface area contributed by atoms with Gasteiger partial charge in [0, 0.05) is 17.6 Å². The fourth-order valence-corrected chi connectivity index (χ4v) is 1.61. The molecule has 0 aliphatic heterocycles. The highest BCUT2D eigenvalue weighted by Gasteiger charge is 2.05. The highest BCUT2D eigenvalue weighted by Crippen LogP contribution is 2.11. The zero-order valence-corrected chi connectivity index (χ0v) is 10.3. The maximum atomic E-state index is 11.5. The topological polar surface area (TPSA) is 54.1 Å². The van der Waals surface area contributed by atoms with Crippen LogP contribution < -0.4 is 5.32 Å². The lowest BCUT2D eigenvalue weighted by atomic mass is 10.2. The lowest BCUT2D eigenvalue weighted by Gasteiger charge is -2.06. The van der Waals surface area contributed by atoms with Crippen LogP contribution in [0.5, 0.6) is 0 Å². The van der Waals surface area contributed by atoms with Gasteiger partial charge in [-0.25, -0.2) is 4.79 Å². The molecule has 0 saturated carbocycles. The van der Waals surface area contributed by atoms with E-state index in [1.807, 2.05) is 30.5 Å². The van der Waals surface area contributed by atoms with E-state index < -0.39 is 0 Å². The van der Waals surface area contributed by atoms with Crippen molar-refractivity contribution < 1.29 is 9.53 Å². The minimum atomic E-state index is -0.284. The molecular formula is C14H16N2O2. The third-order valence-electron chi connectivity index (χ3n) is 2.54. The lowest BCUT2D eigenvalue weighted by Crippen LogP contribution is -2.05. The Morgan fingerprint density at radius 2 is 2.06 bits per heavy atom. The molecule has 0 aliphatic rings. The van der Waals surface area contributed by atoms with Crippen LogP contribution in [-0.4, -0.2) is 17.6 Å². The van der Waals surface area contributed by atoms with E-state index in [4.69, 9.17) is 4.74 Å². The second-order valence-electron chi connectivity index (χ2n) is 3.85. The number of rotatable bonds is 5. The van der Waals surface area contributed by atoms with E-state index in [1.54, 1.807) is 19.1 Å². The van der Waals surface area contributed by atoms with Crippen molar-refractivity contribution in [2.24, 2.45) is 0 Å². The Kier molecular flexibility index (Phi) is 4.02. The highest BCUT2D eigenvalue weighted by atomic mass is 16.5. The van der Waals surface area contributed by atoms with E-state index in [1.165, 1.54) is 0 Å². The van der Waals surface area contributed by atoms with E-state index in [0.29, 0.717) is 12.2 Å². The summed E-state index contributed by atoms with van der Waals surface area (Å²) in [6.07, 6.45) is 1.89. The van der Waals surface area contributed by atoms with Gasteiger partial charge in [-0.05, 0) is 43.3 Å². The fourth-order valence-electron chi connectivity index (χ4n) is 1.61. The Morgan fingerprint density at radius 1 is 1.28 bits per heavy atom. The van der Waals surface area contributed by atoms with Crippen LogP contribution in [0.4, 0.5) is 5.69 Å². The normalized spacial score (nSPS) is 10.1. The Morgan fingerprint density at radius 3 is 2.67 bits per heavy atom. The number of aromatic nitrogens is 1. The monoisotopic (exact) mass is 244 g/mol. The molecule has 0 spiro atoms. The van der Waals surface area contributed by atoms with Crippen LogP contribution >= 0.6 is 0 Å². The third kappa shape index (κ3) is 3.13. The summed E-state index contributed by atoms with van der Waals surface area (Å²) >= 11 is 0. The van der Waals surface area contributed by atoms with E-state index in [9.17, 15) is 4.79 Å². The summed E-state index contributed by atoms with van der Waals surface area (Å²) in [5.74, 6) is -0.284. The quantitative estimate of drug-likeness (QED) is 0.795. The molecule has 18 heavy (non-hydrogen) atoms. The number of H-pyrrole nitrogens is 1. The van der Waals surface area contributed by atoms with Gasteiger partial charge in [-0.1, -0.05) is 0 Å². The first-order valence-corrected chi connectivity index (χ1v) is 5.93. The van der Waals surface area contributed by atoms with E-state index >= 15 is 0 Å². The first kappa shape index (κ1) is 12.2. The molecule has 1 aromatic carbocycles. The standard InChI is InChI=1S/C14H16N2O2/c1-2-18-14(17)11-5-7-12(8-6-11)16-10-13-4-3-9-15-13/h3-9,15-16H,2,10H2,1H3. The van der Waals surface area contributed by atoms with Gasteiger partial charge < -0.3 is 15.0 Å². The van der Waals surface area contributed by atoms with Crippen LogP contribution in [-0.2, 0) is 11.3 Å². The lowest BCUT2D eigenvalue weighted by molar-refractivity contribution is 0.0526. The molecule has 4 heteroatoms. The number of esters is 1. The first-order chi connectivity index (χ1) is 8.79. The Bertz CT molecular complexity index is 489. The van der Waals surface area contributed by atoms with E-state index in [-0.39, 0.29) is 5.97 Å². The molecule has 0 saturated heterocycles. The molecule has 4 nitrogen and oxygen atoms in total. The van der Waals surface area contributed by atoms with Gasteiger partial charge >= 0.3 is 5.97 Å². The number of carbonyl (C=O) groups is 1. The molecule has 0 bridgehead atoms. The van der Waals surface area contributed by atoms with Crippen LogP contribution in [0.25, 0.3) is 0 Å². The second kappa shape index (κ2) is 5.91. The SMILES string of the molecule is CCOC(=O)c1ccc(NCc2ccc[nH]2)cc1. The molecule has 0 radical (unpaired) electrons. The fraction of sp³-hybridized carbons (Fsp3) is 0.214. The van der Waals surface area contributed by atoms with Gasteiger partial charge in [-0.3, -0.25) is 0 Å². The van der Waals surface area contributed by atoms with Crippen LogP contribution in [0.2, 0.25) is 0 Å². The molecule has 0 fully saturated rings. The first-order valence-electron chi connectivity index (χ1n) is 5.93. The molecule has 2 N–H and O–H groups in total. The van der Waals surface area contributed by atoms with Gasteiger partial charge in [-0.15, -0.1) is 0 Å². The van der Waals surface area contributed by atoms with E-state index in [2.05, 4.69) is 10.3 Å². The molecule has 94 valence electrons. The van der Waals surface area contributed by atoms with Crippen LogP contribution in [0, 0.1) is 0 Å². The van der Waals surface area contributed by atoms with Crippen molar-refractivity contribution in [1.82, 2.24) is 4.98 Å². The summed E-state index contributed by atoms with van der Waals surface area (Å²) in [6.45, 7) is 2.92. The maximum absolute atomic E-state index is 11.5. The maximum Gasteiger partial charge on any atom is 0.338 e. The minimum Gasteiger partial charge on any atom is -0.462 e. The Balaban J connectivity index is 1.93. The summed E-state index contributed by atoms with van der Waals surface area (Å²) in [4.78, 5) is 14.6. The Hall–Kier alpha value is -2.23. The van der Waals surface area contributed by atoms with Crippen molar-refractivity contribution in [3.63, 3.8) is 0 Å². The molecule has 0 unspecified atom stereocenters. The number of aromatic amines is 1. The summed E-state index contributed by atoms with van der Waals surface area (Å²) in [6, 6.07) is 11.2. The zero-order chi connectivity index (χ0) is 12.8. The van der Waals surface area contributed by atoms with Crippen molar-refractivity contribution in [2.45, 2.75) is 13.5 Å². The minimum absolute atomic E-state index is 0.284. The molecule has 1 heterocycles. The zero-order valence-electron chi connectivity index (χ0n) is 10.3. The predicted molar refractivity (Wildman–Crippen MR) is 70.5 cm³/mol. The second-order valence-corrected chi connectivity index (χ2v) is 3.85. The van der Waals surface area contributed by atoms with Gasteiger partial charge in [0.1, 0.15) is 0 Å². The number of nitrogens with one attached hydrogen (secondary N) is 2. The molecule has 0 aliphatic carbocycles. The summed E-state index contributed by atoms with van der Waals surface area (Å²) in [7, 11) is 0. The van der Waals surface area contributed by atoms with Crippen molar-refractivity contribution in [2.75, 3.05) is 11.9 Å². The van der Waals surface area contributed by atoms with Gasteiger partial charge in [0.05, 0.1) is 18.7 Å². The van der Waals surface area contributed by atoms with Crippen molar-refractivity contribution in [1.29, 1.82) is 0 Å². The number of carbonyl (C=O) groups excluding carboxylic acids is 1. The van der Waals surface area contributed by atoms with Crippen LogP contribution in [0.1, 0.15) is 23.0 Å². The van der Waals surface area contributed by atoms with E-state index in [0.717, 1.165) is 17.9 Å². The summed E-state index contributed by atoms with van der Waals surface area (Å²) in [5, 5.41) is 3.26. The number of hydrogen-bond donors (Lipinski definition) is 2. The van der Waals surface area contributed by atoms with Gasteiger partial charge in [0.15, 0.2) is 0 Å². The molecule has 1 aromatic heterocycles. The van der Waals surface area contributed by atoms with Crippen LogP contribution in [0.3, 0.4) is 0 Å².